The molecule has 0 bridgehead atoms. The Balaban J connectivity index is 2.22. The molecule has 0 aromatic carbocycles. The predicted molar refractivity (Wildman–Crippen MR) is 62.4 cm³/mol. The summed E-state index contributed by atoms with van der Waals surface area (Å²) in [6.45, 7) is 0. The van der Waals surface area contributed by atoms with Crippen molar-refractivity contribution in [3.63, 3.8) is 0 Å². The molecule has 1 nitrogen and oxygen atoms in total. The number of pyridine rings is 1. The van der Waals surface area contributed by atoms with Crippen LogP contribution in [0, 0.1) is 5.92 Å². The van der Waals surface area contributed by atoms with Gasteiger partial charge in [0.15, 0.2) is 0 Å². The van der Waals surface area contributed by atoms with Gasteiger partial charge in [0.1, 0.15) is 10.3 Å². The standard InChI is InChI=1S/C12H14BrF2N/c13-11-8-4-7-10(16-11)12(14,15)9-5-2-1-3-6-9/h4,7-9H,1-3,5-6H2. The van der Waals surface area contributed by atoms with Gasteiger partial charge >= 0.3 is 0 Å². The number of halogens is 3. The lowest BCUT2D eigenvalue weighted by atomic mass is 9.83. The van der Waals surface area contributed by atoms with Gasteiger partial charge in [0.25, 0.3) is 5.92 Å². The molecule has 0 saturated heterocycles. The van der Waals surface area contributed by atoms with Crippen LogP contribution in [0.3, 0.4) is 0 Å². The summed E-state index contributed by atoms with van der Waals surface area (Å²) in [7, 11) is 0. The maximum Gasteiger partial charge on any atom is 0.292 e. The number of alkyl halides is 2. The highest BCUT2D eigenvalue weighted by Gasteiger charge is 2.42. The molecule has 1 aromatic heterocycles. The number of hydrogen-bond acceptors (Lipinski definition) is 1. The first-order valence-electron chi connectivity index (χ1n) is 5.61. The van der Waals surface area contributed by atoms with Crippen molar-refractivity contribution in [2.24, 2.45) is 5.92 Å². The summed E-state index contributed by atoms with van der Waals surface area (Å²) < 4.78 is 28.7. The smallest absolute Gasteiger partial charge is 0.240 e. The van der Waals surface area contributed by atoms with Crippen molar-refractivity contribution in [1.29, 1.82) is 0 Å². The largest absolute Gasteiger partial charge is 0.292 e. The van der Waals surface area contributed by atoms with Crippen LogP contribution in [0.15, 0.2) is 22.8 Å². The minimum Gasteiger partial charge on any atom is -0.240 e. The lowest BCUT2D eigenvalue weighted by Crippen LogP contribution is -2.28. The molecule has 0 N–H and O–H groups in total. The molecule has 1 aliphatic rings. The molecule has 0 aliphatic heterocycles. The minimum absolute atomic E-state index is 0.103. The summed E-state index contributed by atoms with van der Waals surface area (Å²) in [6.07, 6.45) is 4.13. The molecule has 0 amide bonds. The second-order valence-electron chi connectivity index (χ2n) is 4.30. The Hall–Kier alpha value is -0.510. The van der Waals surface area contributed by atoms with E-state index < -0.39 is 11.8 Å². The molecule has 0 radical (unpaired) electrons. The van der Waals surface area contributed by atoms with Crippen LogP contribution in [0.2, 0.25) is 0 Å². The van der Waals surface area contributed by atoms with E-state index in [4.69, 9.17) is 0 Å². The van der Waals surface area contributed by atoms with E-state index in [0.29, 0.717) is 17.4 Å². The third-order valence-electron chi connectivity index (χ3n) is 3.17. The molecule has 0 atom stereocenters. The maximum atomic E-state index is 14.1. The van der Waals surface area contributed by atoms with E-state index in [1.807, 2.05) is 0 Å². The molecule has 0 spiro atoms. The van der Waals surface area contributed by atoms with E-state index in [1.54, 1.807) is 12.1 Å². The zero-order valence-corrected chi connectivity index (χ0v) is 10.5. The highest BCUT2D eigenvalue weighted by atomic mass is 79.9. The third kappa shape index (κ3) is 2.42. The van der Waals surface area contributed by atoms with Crippen molar-refractivity contribution >= 4 is 15.9 Å². The van der Waals surface area contributed by atoms with Crippen LogP contribution in [0.5, 0.6) is 0 Å². The van der Waals surface area contributed by atoms with Gasteiger partial charge in [-0.2, -0.15) is 8.78 Å². The van der Waals surface area contributed by atoms with Gasteiger partial charge in [-0.1, -0.05) is 25.3 Å². The van der Waals surface area contributed by atoms with Crippen molar-refractivity contribution in [3.8, 4) is 0 Å². The molecule has 0 unspecified atom stereocenters. The number of aromatic nitrogens is 1. The number of hydrogen-bond donors (Lipinski definition) is 0. The first-order valence-corrected chi connectivity index (χ1v) is 6.41. The van der Waals surface area contributed by atoms with Crippen molar-refractivity contribution in [2.45, 2.75) is 38.0 Å². The topological polar surface area (TPSA) is 12.9 Å². The van der Waals surface area contributed by atoms with Crippen molar-refractivity contribution in [3.05, 3.63) is 28.5 Å². The second kappa shape index (κ2) is 4.78. The number of rotatable bonds is 2. The zero-order chi connectivity index (χ0) is 11.6. The van der Waals surface area contributed by atoms with Crippen LogP contribution in [-0.2, 0) is 5.92 Å². The summed E-state index contributed by atoms with van der Waals surface area (Å²) in [5.41, 5.74) is -0.103. The Kier molecular flexibility index (Phi) is 3.57. The number of nitrogens with zero attached hydrogens (tertiary/aromatic N) is 1. The second-order valence-corrected chi connectivity index (χ2v) is 5.12. The van der Waals surface area contributed by atoms with Gasteiger partial charge in [-0.3, -0.25) is 0 Å². The Bertz CT molecular complexity index is 362. The van der Waals surface area contributed by atoms with Crippen LogP contribution in [-0.4, -0.2) is 4.98 Å². The van der Waals surface area contributed by atoms with E-state index in [1.165, 1.54) is 6.07 Å². The fourth-order valence-corrected chi connectivity index (χ4v) is 2.61. The molecule has 1 saturated carbocycles. The van der Waals surface area contributed by atoms with Crippen LogP contribution >= 0.6 is 15.9 Å². The van der Waals surface area contributed by atoms with Crippen LogP contribution in [0.4, 0.5) is 8.78 Å². The highest BCUT2D eigenvalue weighted by molar-refractivity contribution is 9.10. The normalized spacial score (nSPS) is 18.7. The Morgan fingerprint density at radius 2 is 1.88 bits per heavy atom. The molecule has 1 heterocycles. The van der Waals surface area contributed by atoms with Gasteiger partial charge in [-0.05, 0) is 40.9 Å². The molecule has 1 fully saturated rings. The Morgan fingerprint density at radius 3 is 2.50 bits per heavy atom. The molecule has 2 rings (SSSR count). The summed E-state index contributed by atoms with van der Waals surface area (Å²) in [6, 6.07) is 4.70. The van der Waals surface area contributed by atoms with E-state index in [2.05, 4.69) is 20.9 Å². The Morgan fingerprint density at radius 1 is 1.19 bits per heavy atom. The summed E-state index contributed by atoms with van der Waals surface area (Å²) in [5.74, 6) is -3.33. The lowest BCUT2D eigenvalue weighted by Gasteiger charge is -2.29. The van der Waals surface area contributed by atoms with Gasteiger partial charge in [-0.15, -0.1) is 0 Å². The molecule has 1 aromatic rings. The average Bonchev–Trinajstić information content (AvgIpc) is 2.30. The summed E-state index contributed by atoms with van der Waals surface area (Å²) >= 11 is 3.13. The molecule has 16 heavy (non-hydrogen) atoms. The fourth-order valence-electron chi connectivity index (χ4n) is 2.27. The molecule has 4 heteroatoms. The molecular weight excluding hydrogens is 276 g/mol. The summed E-state index contributed by atoms with van der Waals surface area (Å²) in [4.78, 5) is 3.89. The van der Waals surface area contributed by atoms with Crippen LogP contribution in [0.25, 0.3) is 0 Å². The fraction of sp³-hybridized carbons (Fsp3) is 0.583. The first-order chi connectivity index (χ1) is 7.60. The van der Waals surface area contributed by atoms with Crippen molar-refractivity contribution < 1.29 is 8.78 Å². The van der Waals surface area contributed by atoms with Crippen molar-refractivity contribution in [2.75, 3.05) is 0 Å². The maximum absolute atomic E-state index is 14.1. The lowest BCUT2D eigenvalue weighted by molar-refractivity contribution is -0.0815. The highest BCUT2D eigenvalue weighted by Crippen LogP contribution is 2.42. The van der Waals surface area contributed by atoms with E-state index in [0.717, 1.165) is 19.3 Å². The molecule has 88 valence electrons. The molecule has 1 aliphatic carbocycles. The van der Waals surface area contributed by atoms with Crippen molar-refractivity contribution in [1.82, 2.24) is 4.98 Å². The quantitative estimate of drug-likeness (QED) is 0.730. The monoisotopic (exact) mass is 289 g/mol. The van der Waals surface area contributed by atoms with Gasteiger partial charge in [0.2, 0.25) is 0 Å². The van der Waals surface area contributed by atoms with Crippen LogP contribution < -0.4 is 0 Å². The zero-order valence-electron chi connectivity index (χ0n) is 8.93. The van der Waals surface area contributed by atoms with Gasteiger partial charge in [0.05, 0.1) is 0 Å². The Labute approximate surface area is 102 Å². The predicted octanol–water partition coefficient (Wildman–Crippen LogP) is 4.52. The third-order valence-corrected chi connectivity index (χ3v) is 3.62. The van der Waals surface area contributed by atoms with E-state index in [9.17, 15) is 8.78 Å². The average molecular weight is 290 g/mol. The van der Waals surface area contributed by atoms with E-state index >= 15 is 0 Å². The van der Waals surface area contributed by atoms with Crippen LogP contribution in [0.1, 0.15) is 37.8 Å². The minimum atomic E-state index is -2.79. The molecular formula is C12H14BrF2N. The van der Waals surface area contributed by atoms with E-state index in [-0.39, 0.29) is 5.69 Å². The van der Waals surface area contributed by atoms with Gasteiger partial charge in [0, 0.05) is 5.92 Å². The van der Waals surface area contributed by atoms with Gasteiger partial charge < -0.3 is 0 Å². The first kappa shape index (κ1) is 12.0. The summed E-state index contributed by atoms with van der Waals surface area (Å²) in [5, 5.41) is 0. The SMILES string of the molecule is FC(F)(c1cccc(Br)n1)C1CCCCC1. The van der Waals surface area contributed by atoms with Gasteiger partial charge in [-0.25, -0.2) is 4.98 Å².